The number of carbonyl (C=O) groups excluding carboxylic acids is 1. The Kier molecular flexibility index (Phi) is 5.09. The summed E-state index contributed by atoms with van der Waals surface area (Å²) in [7, 11) is 0. The molecular weight excluding hydrogens is 272 g/mol. The van der Waals surface area contributed by atoms with Crippen molar-refractivity contribution in [3.63, 3.8) is 0 Å². The number of ether oxygens (including phenoxy) is 1. The van der Waals surface area contributed by atoms with Crippen molar-refractivity contribution in [1.29, 1.82) is 0 Å². The average Bonchev–Trinajstić information content (AvgIpc) is 2.39. The van der Waals surface area contributed by atoms with Crippen molar-refractivity contribution >= 4 is 17.6 Å². The minimum Gasteiger partial charge on any atom is -0.466 e. The molecule has 1 aromatic carbocycles. The van der Waals surface area contributed by atoms with Crippen molar-refractivity contribution < 1.29 is 9.53 Å². The van der Waals surface area contributed by atoms with Crippen LogP contribution in [0, 0.1) is 6.92 Å². The van der Waals surface area contributed by atoms with Crippen molar-refractivity contribution in [2.75, 3.05) is 6.61 Å². The van der Waals surface area contributed by atoms with E-state index in [1.807, 2.05) is 13.0 Å². The number of halogens is 1. The summed E-state index contributed by atoms with van der Waals surface area (Å²) in [6.07, 6.45) is 6.12. The number of carbonyl (C=O) groups is 1. The quantitative estimate of drug-likeness (QED) is 0.604. The molecule has 0 aliphatic heterocycles. The molecule has 0 N–H and O–H groups in total. The smallest absolute Gasteiger partial charge is 0.310 e. The fraction of sp³-hybridized carbons (Fsp3) is 0.588. The minimum atomic E-state index is -0.204. The molecule has 20 heavy (non-hydrogen) atoms. The zero-order valence-electron chi connectivity index (χ0n) is 12.4. The molecule has 0 amide bonds. The van der Waals surface area contributed by atoms with Gasteiger partial charge in [-0.05, 0) is 43.4 Å². The number of benzene rings is 1. The van der Waals surface area contributed by atoms with Gasteiger partial charge in [0.2, 0.25) is 0 Å². The van der Waals surface area contributed by atoms with Gasteiger partial charge in [0.15, 0.2) is 0 Å². The molecule has 1 fully saturated rings. The van der Waals surface area contributed by atoms with Crippen LogP contribution in [0.3, 0.4) is 0 Å². The van der Waals surface area contributed by atoms with Crippen LogP contribution >= 0.6 is 11.6 Å². The molecule has 2 nitrogen and oxygen atoms in total. The van der Waals surface area contributed by atoms with Gasteiger partial charge < -0.3 is 4.74 Å². The second-order valence-corrected chi connectivity index (χ2v) is 6.38. The van der Waals surface area contributed by atoms with Gasteiger partial charge in [0.25, 0.3) is 0 Å². The molecular formula is C17H23ClO2. The Balaban J connectivity index is 2.15. The molecule has 0 bridgehead atoms. The summed E-state index contributed by atoms with van der Waals surface area (Å²) in [6, 6.07) is 6.19. The number of esters is 1. The SMILES string of the molecule is CCOC(=O)Cc1ccc(C2(Cl)CCCCC2)c(C)c1. The molecule has 1 aliphatic carbocycles. The molecule has 1 saturated carbocycles. The molecule has 1 aromatic rings. The lowest BCUT2D eigenvalue weighted by atomic mass is 9.81. The summed E-state index contributed by atoms with van der Waals surface area (Å²) < 4.78 is 4.99. The monoisotopic (exact) mass is 294 g/mol. The second kappa shape index (κ2) is 6.62. The molecule has 110 valence electrons. The van der Waals surface area contributed by atoms with E-state index in [1.165, 1.54) is 30.4 Å². The molecule has 3 heteroatoms. The fourth-order valence-electron chi connectivity index (χ4n) is 3.10. The number of hydrogen-bond donors (Lipinski definition) is 0. The first-order valence-corrected chi connectivity index (χ1v) is 7.87. The van der Waals surface area contributed by atoms with Crippen LogP contribution in [-0.4, -0.2) is 12.6 Å². The predicted molar refractivity (Wildman–Crippen MR) is 82.1 cm³/mol. The summed E-state index contributed by atoms with van der Waals surface area (Å²) in [5, 5.41) is 0. The van der Waals surface area contributed by atoms with Crippen LogP contribution in [0.4, 0.5) is 0 Å². The second-order valence-electron chi connectivity index (χ2n) is 5.66. The summed E-state index contributed by atoms with van der Waals surface area (Å²) in [6.45, 7) is 4.34. The highest BCUT2D eigenvalue weighted by atomic mass is 35.5. The molecule has 0 unspecified atom stereocenters. The molecule has 1 aliphatic rings. The summed E-state index contributed by atoms with van der Waals surface area (Å²) in [5.41, 5.74) is 3.41. The average molecular weight is 295 g/mol. The normalized spacial score (nSPS) is 17.8. The molecule has 0 atom stereocenters. The minimum absolute atomic E-state index is 0.169. The Morgan fingerprint density at radius 3 is 2.60 bits per heavy atom. The van der Waals surface area contributed by atoms with Crippen LogP contribution < -0.4 is 0 Å². The van der Waals surface area contributed by atoms with E-state index >= 15 is 0 Å². The van der Waals surface area contributed by atoms with Crippen LogP contribution in [0.25, 0.3) is 0 Å². The van der Waals surface area contributed by atoms with Crippen molar-refractivity contribution in [2.45, 2.75) is 57.2 Å². The van der Waals surface area contributed by atoms with E-state index in [4.69, 9.17) is 16.3 Å². The third-order valence-electron chi connectivity index (χ3n) is 4.07. The summed E-state index contributed by atoms with van der Waals surface area (Å²) in [5.74, 6) is -0.169. The third-order valence-corrected chi connectivity index (χ3v) is 4.65. The van der Waals surface area contributed by atoms with E-state index in [-0.39, 0.29) is 10.8 Å². The van der Waals surface area contributed by atoms with E-state index in [2.05, 4.69) is 19.1 Å². The van der Waals surface area contributed by atoms with Gasteiger partial charge in [-0.25, -0.2) is 0 Å². The fourth-order valence-corrected chi connectivity index (χ4v) is 3.58. The third kappa shape index (κ3) is 3.54. The first-order valence-electron chi connectivity index (χ1n) is 7.50. The van der Waals surface area contributed by atoms with E-state index in [0.29, 0.717) is 13.0 Å². The van der Waals surface area contributed by atoms with Gasteiger partial charge in [-0.1, -0.05) is 37.5 Å². The zero-order chi connectivity index (χ0) is 14.6. The Labute approximate surface area is 126 Å². The lowest BCUT2D eigenvalue weighted by Crippen LogP contribution is -2.23. The zero-order valence-corrected chi connectivity index (χ0v) is 13.1. The molecule has 0 saturated heterocycles. The van der Waals surface area contributed by atoms with Gasteiger partial charge in [0.05, 0.1) is 17.9 Å². The van der Waals surface area contributed by atoms with Crippen LogP contribution in [0.15, 0.2) is 18.2 Å². The largest absolute Gasteiger partial charge is 0.466 e. The van der Waals surface area contributed by atoms with Crippen molar-refractivity contribution in [3.05, 3.63) is 34.9 Å². The van der Waals surface area contributed by atoms with E-state index in [1.54, 1.807) is 0 Å². The lowest BCUT2D eigenvalue weighted by Gasteiger charge is -2.33. The van der Waals surface area contributed by atoms with Gasteiger partial charge in [0.1, 0.15) is 0 Å². The molecule has 0 spiro atoms. The van der Waals surface area contributed by atoms with Gasteiger partial charge in [-0.15, -0.1) is 11.6 Å². The highest BCUT2D eigenvalue weighted by Gasteiger charge is 2.32. The summed E-state index contributed by atoms with van der Waals surface area (Å²) in [4.78, 5) is 11.3. The molecule has 0 heterocycles. The summed E-state index contributed by atoms with van der Waals surface area (Å²) >= 11 is 6.82. The maximum absolute atomic E-state index is 11.5. The van der Waals surface area contributed by atoms with Crippen LogP contribution in [0.5, 0.6) is 0 Å². The first kappa shape index (κ1) is 15.4. The Bertz CT molecular complexity index is 476. The van der Waals surface area contributed by atoms with Gasteiger partial charge in [-0.2, -0.15) is 0 Å². The molecule has 0 radical (unpaired) electrons. The maximum atomic E-state index is 11.5. The van der Waals surface area contributed by atoms with Gasteiger partial charge >= 0.3 is 5.97 Å². The number of aryl methyl sites for hydroxylation is 1. The molecule has 0 aromatic heterocycles. The van der Waals surface area contributed by atoms with E-state index < -0.39 is 0 Å². The Morgan fingerprint density at radius 1 is 1.30 bits per heavy atom. The maximum Gasteiger partial charge on any atom is 0.310 e. The highest BCUT2D eigenvalue weighted by molar-refractivity contribution is 6.24. The van der Waals surface area contributed by atoms with Crippen LogP contribution in [0.2, 0.25) is 0 Å². The van der Waals surface area contributed by atoms with Gasteiger partial charge in [-0.3, -0.25) is 4.79 Å². The predicted octanol–water partition coefficient (Wildman–Crippen LogP) is 4.50. The Hall–Kier alpha value is -1.02. The molecule has 2 rings (SSSR count). The van der Waals surface area contributed by atoms with Crippen LogP contribution in [-0.2, 0) is 20.8 Å². The van der Waals surface area contributed by atoms with Crippen molar-refractivity contribution in [2.24, 2.45) is 0 Å². The van der Waals surface area contributed by atoms with Crippen molar-refractivity contribution in [3.8, 4) is 0 Å². The van der Waals surface area contributed by atoms with E-state index in [0.717, 1.165) is 18.4 Å². The van der Waals surface area contributed by atoms with Gasteiger partial charge in [0, 0.05) is 0 Å². The number of rotatable bonds is 4. The van der Waals surface area contributed by atoms with Crippen molar-refractivity contribution in [1.82, 2.24) is 0 Å². The van der Waals surface area contributed by atoms with Crippen LogP contribution in [0.1, 0.15) is 55.7 Å². The lowest BCUT2D eigenvalue weighted by molar-refractivity contribution is -0.142. The number of alkyl halides is 1. The van der Waals surface area contributed by atoms with E-state index in [9.17, 15) is 4.79 Å². The highest BCUT2D eigenvalue weighted by Crippen LogP contribution is 2.44. The standard InChI is InChI=1S/C17H23ClO2/c1-3-20-16(19)12-14-7-8-15(13(2)11-14)17(18)9-5-4-6-10-17/h7-8,11H,3-6,9-10,12H2,1-2H3. The Morgan fingerprint density at radius 2 is 2.00 bits per heavy atom. The topological polar surface area (TPSA) is 26.3 Å². The first-order chi connectivity index (χ1) is 9.55. The number of hydrogen-bond acceptors (Lipinski definition) is 2.